The first kappa shape index (κ1) is 9.98. The Balaban J connectivity index is 3.02. The highest BCUT2D eigenvalue weighted by Crippen LogP contribution is 2.15. The molecular formula is C8H16N4O. The Hall–Kier alpha value is -1.10. The molecule has 0 radical (unpaired) electrons. The van der Waals surface area contributed by atoms with Crippen LogP contribution in [0.5, 0.6) is 0 Å². The first-order valence-corrected chi connectivity index (χ1v) is 4.33. The van der Waals surface area contributed by atoms with E-state index in [9.17, 15) is 4.79 Å². The molecule has 0 saturated carbocycles. The lowest BCUT2D eigenvalue weighted by Gasteiger charge is -2.12. The number of rotatable bonds is 2. The molecule has 0 aliphatic rings. The van der Waals surface area contributed by atoms with Gasteiger partial charge in [0.25, 0.3) is 0 Å². The molecule has 3 N–H and O–H groups in total. The highest BCUT2D eigenvalue weighted by Gasteiger charge is 2.19. The van der Waals surface area contributed by atoms with E-state index in [1.807, 2.05) is 20.8 Å². The molecule has 0 atom stereocenters. The van der Waals surface area contributed by atoms with Gasteiger partial charge in [-0.1, -0.05) is 20.8 Å². The van der Waals surface area contributed by atoms with E-state index in [-0.39, 0.29) is 11.1 Å². The van der Waals surface area contributed by atoms with Crippen molar-refractivity contribution >= 4 is 0 Å². The van der Waals surface area contributed by atoms with Crippen molar-refractivity contribution < 1.29 is 0 Å². The Kier molecular flexibility index (Phi) is 2.56. The van der Waals surface area contributed by atoms with E-state index in [2.05, 4.69) is 10.1 Å². The molecule has 0 aliphatic heterocycles. The summed E-state index contributed by atoms with van der Waals surface area (Å²) in [6.45, 7) is 6.88. The molecule has 0 aromatic carbocycles. The molecule has 1 heterocycles. The summed E-state index contributed by atoms with van der Waals surface area (Å²) < 4.78 is 1.36. The molecule has 5 heteroatoms. The van der Waals surface area contributed by atoms with Crippen LogP contribution in [0.15, 0.2) is 4.79 Å². The number of nitrogens with two attached hydrogens (primary N) is 1. The van der Waals surface area contributed by atoms with E-state index >= 15 is 0 Å². The van der Waals surface area contributed by atoms with Crippen molar-refractivity contribution in [1.29, 1.82) is 0 Å². The van der Waals surface area contributed by atoms with Gasteiger partial charge >= 0.3 is 5.69 Å². The van der Waals surface area contributed by atoms with Crippen molar-refractivity contribution in [2.45, 2.75) is 32.7 Å². The van der Waals surface area contributed by atoms with Gasteiger partial charge in [-0.25, -0.2) is 9.48 Å². The molecule has 0 spiro atoms. The van der Waals surface area contributed by atoms with E-state index < -0.39 is 0 Å². The van der Waals surface area contributed by atoms with Gasteiger partial charge in [0.15, 0.2) is 0 Å². The fourth-order valence-corrected chi connectivity index (χ4v) is 0.968. The molecule has 13 heavy (non-hydrogen) atoms. The average Bonchev–Trinajstić information content (AvgIpc) is 2.32. The topological polar surface area (TPSA) is 76.7 Å². The molecular weight excluding hydrogens is 168 g/mol. The van der Waals surface area contributed by atoms with Crippen molar-refractivity contribution in [3.63, 3.8) is 0 Å². The molecule has 0 unspecified atom stereocenters. The maximum Gasteiger partial charge on any atom is 0.343 e. The summed E-state index contributed by atoms with van der Waals surface area (Å²) in [5.74, 6) is 0.700. The van der Waals surface area contributed by atoms with Crippen molar-refractivity contribution in [1.82, 2.24) is 14.8 Å². The molecule has 0 saturated heterocycles. The van der Waals surface area contributed by atoms with Crippen molar-refractivity contribution in [3.8, 4) is 0 Å². The molecule has 1 aromatic heterocycles. The molecule has 1 aromatic rings. The van der Waals surface area contributed by atoms with Gasteiger partial charge in [0.1, 0.15) is 5.82 Å². The molecule has 0 bridgehead atoms. The van der Waals surface area contributed by atoms with Crippen LogP contribution in [-0.2, 0) is 12.0 Å². The lowest BCUT2D eigenvalue weighted by Crippen LogP contribution is -2.22. The average molecular weight is 184 g/mol. The second-order valence-corrected chi connectivity index (χ2v) is 4.04. The van der Waals surface area contributed by atoms with Gasteiger partial charge in [-0.05, 0) is 0 Å². The highest BCUT2D eigenvalue weighted by atomic mass is 16.1. The first-order chi connectivity index (χ1) is 5.95. The largest absolute Gasteiger partial charge is 0.343 e. The molecule has 0 amide bonds. The van der Waals surface area contributed by atoms with Gasteiger partial charge in [0, 0.05) is 12.0 Å². The predicted molar refractivity (Wildman–Crippen MR) is 50.6 cm³/mol. The number of hydrogen-bond donors (Lipinski definition) is 2. The number of H-pyrrole nitrogens is 1. The Bertz CT molecular complexity index is 331. The van der Waals surface area contributed by atoms with E-state index in [0.717, 1.165) is 0 Å². The third kappa shape index (κ3) is 2.18. The number of nitrogens with zero attached hydrogens (tertiary/aromatic N) is 2. The molecule has 0 fully saturated rings. The van der Waals surface area contributed by atoms with E-state index in [0.29, 0.717) is 18.9 Å². The van der Waals surface area contributed by atoms with Gasteiger partial charge in [-0.15, -0.1) is 0 Å². The van der Waals surface area contributed by atoms with E-state index in [1.165, 1.54) is 4.68 Å². The smallest absolute Gasteiger partial charge is 0.329 e. The number of hydrogen-bond acceptors (Lipinski definition) is 3. The van der Waals surface area contributed by atoms with Gasteiger partial charge in [0.05, 0.1) is 6.54 Å². The summed E-state index contributed by atoms with van der Waals surface area (Å²) in [6, 6.07) is 0. The lowest BCUT2D eigenvalue weighted by molar-refractivity contribution is 0.524. The van der Waals surface area contributed by atoms with Gasteiger partial charge in [0.2, 0.25) is 0 Å². The Morgan fingerprint density at radius 2 is 2.15 bits per heavy atom. The van der Waals surface area contributed by atoms with Gasteiger partial charge in [-0.2, -0.15) is 5.10 Å². The maximum absolute atomic E-state index is 11.3. The minimum absolute atomic E-state index is 0.126. The molecule has 74 valence electrons. The van der Waals surface area contributed by atoms with Crippen LogP contribution in [0, 0.1) is 0 Å². The van der Waals surface area contributed by atoms with Gasteiger partial charge in [-0.3, -0.25) is 4.98 Å². The fraction of sp³-hybridized carbons (Fsp3) is 0.750. The lowest BCUT2D eigenvalue weighted by atomic mass is 9.96. The first-order valence-electron chi connectivity index (χ1n) is 4.33. The quantitative estimate of drug-likeness (QED) is 0.669. The summed E-state index contributed by atoms with van der Waals surface area (Å²) in [5.41, 5.74) is 5.02. The van der Waals surface area contributed by atoms with Crippen LogP contribution >= 0.6 is 0 Å². The second kappa shape index (κ2) is 3.33. The number of aromatic amines is 1. The van der Waals surface area contributed by atoms with Crippen LogP contribution in [0.3, 0.4) is 0 Å². The Morgan fingerprint density at radius 3 is 2.54 bits per heavy atom. The van der Waals surface area contributed by atoms with Crippen LogP contribution < -0.4 is 11.4 Å². The number of nitrogens with one attached hydrogen (secondary N) is 1. The summed E-state index contributed by atoms with van der Waals surface area (Å²) in [6.07, 6.45) is 0. The van der Waals surface area contributed by atoms with Gasteiger partial charge < -0.3 is 5.73 Å². The summed E-state index contributed by atoms with van der Waals surface area (Å²) in [4.78, 5) is 14.0. The van der Waals surface area contributed by atoms with Crippen molar-refractivity contribution in [2.24, 2.45) is 5.73 Å². The predicted octanol–water partition coefficient (Wildman–Crippen LogP) is -0.172. The fourth-order valence-electron chi connectivity index (χ4n) is 0.968. The Morgan fingerprint density at radius 1 is 1.54 bits per heavy atom. The van der Waals surface area contributed by atoms with E-state index in [4.69, 9.17) is 5.73 Å². The van der Waals surface area contributed by atoms with Crippen LogP contribution in [-0.4, -0.2) is 21.3 Å². The standard InChI is InChI=1S/C8H16N4O/c1-8(2,3)6-10-7(13)12(11-6)5-4-9/h4-5,9H2,1-3H3,(H,10,11,13). The minimum atomic E-state index is -0.185. The van der Waals surface area contributed by atoms with Crippen LogP contribution in [0.4, 0.5) is 0 Å². The summed E-state index contributed by atoms with van der Waals surface area (Å²) in [5, 5.41) is 4.14. The van der Waals surface area contributed by atoms with Crippen molar-refractivity contribution in [2.75, 3.05) is 6.54 Å². The summed E-state index contributed by atoms with van der Waals surface area (Å²) >= 11 is 0. The summed E-state index contributed by atoms with van der Waals surface area (Å²) in [7, 11) is 0. The highest BCUT2D eigenvalue weighted by molar-refractivity contribution is 4.98. The minimum Gasteiger partial charge on any atom is -0.329 e. The third-order valence-electron chi connectivity index (χ3n) is 1.73. The van der Waals surface area contributed by atoms with Crippen LogP contribution in [0.25, 0.3) is 0 Å². The Labute approximate surface area is 76.9 Å². The molecule has 1 rings (SSSR count). The second-order valence-electron chi connectivity index (χ2n) is 4.04. The zero-order valence-corrected chi connectivity index (χ0v) is 8.29. The number of aromatic nitrogens is 3. The van der Waals surface area contributed by atoms with Crippen LogP contribution in [0.1, 0.15) is 26.6 Å². The normalized spacial score (nSPS) is 12.0. The SMILES string of the molecule is CC(C)(C)c1nn(CCN)c(=O)[nH]1. The molecule has 0 aliphatic carbocycles. The monoisotopic (exact) mass is 184 g/mol. The maximum atomic E-state index is 11.3. The zero-order chi connectivity index (χ0) is 10.1. The van der Waals surface area contributed by atoms with Crippen LogP contribution in [0.2, 0.25) is 0 Å². The molecule has 5 nitrogen and oxygen atoms in total. The third-order valence-corrected chi connectivity index (χ3v) is 1.73. The van der Waals surface area contributed by atoms with E-state index in [1.54, 1.807) is 0 Å². The zero-order valence-electron chi connectivity index (χ0n) is 8.29. The van der Waals surface area contributed by atoms with Crippen molar-refractivity contribution in [3.05, 3.63) is 16.3 Å².